The largest absolute Gasteiger partial charge is 0.497 e. The molecule has 0 fully saturated rings. The molecule has 0 aromatic heterocycles. The zero-order valence-corrected chi connectivity index (χ0v) is 16.4. The first kappa shape index (κ1) is 20.2. The van der Waals surface area contributed by atoms with Gasteiger partial charge >= 0.3 is 0 Å². The van der Waals surface area contributed by atoms with Gasteiger partial charge in [-0.25, -0.2) is 0 Å². The fourth-order valence-electron chi connectivity index (χ4n) is 1.93. The minimum atomic E-state index is -0.0775. The number of nitrogens with one attached hydrogen (secondary N) is 1. The molecule has 138 valence electrons. The number of nitrogens with zero attached hydrogens (tertiary/aromatic N) is 1. The summed E-state index contributed by atoms with van der Waals surface area (Å²) in [5.74, 6) is 0.870. The van der Waals surface area contributed by atoms with E-state index in [0.717, 1.165) is 41.1 Å². The molecule has 0 atom stereocenters. The van der Waals surface area contributed by atoms with Crippen molar-refractivity contribution in [3.05, 3.63) is 54.1 Å². The van der Waals surface area contributed by atoms with Crippen LogP contribution in [-0.2, 0) is 9.08 Å². The number of hydrogen-bond donors (Lipinski definition) is 1. The van der Waals surface area contributed by atoms with Crippen LogP contribution in [0.3, 0.4) is 0 Å². The SMILES string of the molecule is COc1ccc(N(C)SONc2ccc(C(=O)CSC(C)=O)cc2)cc1. The van der Waals surface area contributed by atoms with Gasteiger partial charge in [0.25, 0.3) is 0 Å². The Labute approximate surface area is 161 Å². The highest BCUT2D eigenvalue weighted by Crippen LogP contribution is 2.24. The molecule has 0 heterocycles. The average Bonchev–Trinajstić information content (AvgIpc) is 2.66. The van der Waals surface area contributed by atoms with Crippen molar-refractivity contribution in [2.45, 2.75) is 6.92 Å². The van der Waals surface area contributed by atoms with E-state index in [9.17, 15) is 9.59 Å². The van der Waals surface area contributed by atoms with Crippen molar-refractivity contribution >= 4 is 46.3 Å². The van der Waals surface area contributed by atoms with Crippen LogP contribution in [0, 0.1) is 0 Å². The normalized spacial score (nSPS) is 10.3. The van der Waals surface area contributed by atoms with Crippen molar-refractivity contribution in [2.75, 3.05) is 29.7 Å². The van der Waals surface area contributed by atoms with Gasteiger partial charge in [0.2, 0.25) is 0 Å². The van der Waals surface area contributed by atoms with Crippen molar-refractivity contribution in [1.29, 1.82) is 0 Å². The molecule has 1 N–H and O–H groups in total. The highest BCUT2D eigenvalue weighted by Gasteiger charge is 2.08. The smallest absolute Gasteiger partial charge is 0.186 e. The Morgan fingerprint density at radius 3 is 2.31 bits per heavy atom. The maximum atomic E-state index is 11.9. The summed E-state index contributed by atoms with van der Waals surface area (Å²) < 4.78 is 12.4. The van der Waals surface area contributed by atoms with Gasteiger partial charge in [0, 0.05) is 25.2 Å². The van der Waals surface area contributed by atoms with Crippen LogP contribution in [0.25, 0.3) is 0 Å². The van der Waals surface area contributed by atoms with Crippen LogP contribution in [0.5, 0.6) is 5.75 Å². The van der Waals surface area contributed by atoms with E-state index in [1.54, 1.807) is 31.4 Å². The third kappa shape index (κ3) is 6.29. The van der Waals surface area contributed by atoms with Gasteiger partial charge in [-0.3, -0.25) is 19.4 Å². The van der Waals surface area contributed by atoms with Crippen molar-refractivity contribution in [3.8, 4) is 5.75 Å². The molecule has 0 saturated heterocycles. The maximum Gasteiger partial charge on any atom is 0.186 e. The molecule has 0 radical (unpaired) electrons. The number of ether oxygens (including phenoxy) is 1. The lowest BCUT2D eigenvalue weighted by Crippen LogP contribution is -2.09. The molecule has 0 aliphatic rings. The molecule has 2 aromatic carbocycles. The third-order valence-electron chi connectivity index (χ3n) is 3.36. The summed E-state index contributed by atoms with van der Waals surface area (Å²) in [6.07, 6.45) is 0. The fourth-order valence-corrected chi connectivity index (χ4v) is 2.89. The van der Waals surface area contributed by atoms with Crippen molar-refractivity contribution < 1.29 is 18.6 Å². The van der Waals surface area contributed by atoms with E-state index in [2.05, 4.69) is 5.48 Å². The van der Waals surface area contributed by atoms with Crippen LogP contribution in [0.15, 0.2) is 48.5 Å². The second-order valence-electron chi connectivity index (χ2n) is 5.24. The van der Waals surface area contributed by atoms with E-state index >= 15 is 0 Å². The Balaban J connectivity index is 1.80. The molecule has 2 rings (SSSR count). The van der Waals surface area contributed by atoms with Gasteiger partial charge in [-0.15, -0.1) is 0 Å². The summed E-state index contributed by atoms with van der Waals surface area (Å²) in [7, 11) is 3.50. The molecule has 0 spiro atoms. The van der Waals surface area contributed by atoms with Crippen LogP contribution in [0.4, 0.5) is 11.4 Å². The standard InChI is InChI=1S/C18H20N2O4S2/c1-13(21)25-12-18(22)14-4-6-15(7-5-14)19-24-26-20(2)16-8-10-17(23-3)11-9-16/h4-11,19H,12H2,1-3H3. The summed E-state index contributed by atoms with van der Waals surface area (Å²) in [5, 5.41) is -0.0666. The van der Waals surface area contributed by atoms with Crippen LogP contribution < -0.4 is 14.5 Å². The zero-order valence-electron chi connectivity index (χ0n) is 14.7. The Bertz CT molecular complexity index is 736. The number of Topliss-reactive ketones (excluding diaryl/α,β-unsaturated/α-hetero) is 1. The number of thioether (sulfide) groups is 1. The monoisotopic (exact) mass is 392 g/mol. The highest BCUT2D eigenvalue weighted by atomic mass is 32.2. The van der Waals surface area contributed by atoms with Gasteiger partial charge in [0.05, 0.1) is 18.6 Å². The first-order valence-corrected chi connectivity index (χ1v) is 9.42. The van der Waals surface area contributed by atoms with E-state index in [4.69, 9.17) is 9.02 Å². The van der Waals surface area contributed by atoms with Gasteiger partial charge in [0.1, 0.15) is 18.0 Å². The number of benzene rings is 2. The fraction of sp³-hybridized carbons (Fsp3) is 0.222. The molecule has 2 aromatic rings. The molecule has 0 saturated carbocycles. The molecule has 8 heteroatoms. The van der Waals surface area contributed by atoms with Gasteiger partial charge in [-0.2, -0.15) is 4.28 Å². The molecule has 0 amide bonds. The molecular weight excluding hydrogens is 372 g/mol. The van der Waals surface area contributed by atoms with Gasteiger partial charge < -0.3 is 4.74 Å². The molecule has 0 aliphatic heterocycles. The number of anilines is 2. The van der Waals surface area contributed by atoms with Crippen molar-refractivity contribution in [3.63, 3.8) is 0 Å². The van der Waals surface area contributed by atoms with Crippen molar-refractivity contribution in [2.24, 2.45) is 0 Å². The quantitative estimate of drug-likeness (QED) is 0.295. The Morgan fingerprint density at radius 2 is 1.73 bits per heavy atom. The molecule has 6 nitrogen and oxygen atoms in total. The van der Waals surface area contributed by atoms with E-state index < -0.39 is 0 Å². The summed E-state index contributed by atoms with van der Waals surface area (Å²) >= 11 is 2.14. The molecule has 26 heavy (non-hydrogen) atoms. The van der Waals surface area contributed by atoms with Crippen LogP contribution in [0.2, 0.25) is 0 Å². The van der Waals surface area contributed by atoms with Crippen LogP contribution in [-0.4, -0.2) is 30.8 Å². The lowest BCUT2D eigenvalue weighted by atomic mass is 10.1. The van der Waals surface area contributed by atoms with Crippen LogP contribution in [0.1, 0.15) is 17.3 Å². The third-order valence-corrected chi connectivity index (χ3v) is 4.76. The average molecular weight is 393 g/mol. The second kappa shape index (κ2) is 10.1. The Kier molecular flexibility index (Phi) is 7.83. The van der Waals surface area contributed by atoms with Crippen LogP contribution >= 0.6 is 24.0 Å². The summed E-state index contributed by atoms with van der Waals surface area (Å²) in [4.78, 5) is 22.8. The first-order valence-electron chi connectivity index (χ1n) is 7.73. The second-order valence-corrected chi connectivity index (χ2v) is 7.25. The molecule has 0 bridgehead atoms. The number of methoxy groups -OCH3 is 1. The number of hydrogen-bond acceptors (Lipinski definition) is 8. The predicted molar refractivity (Wildman–Crippen MR) is 108 cm³/mol. The Morgan fingerprint density at radius 1 is 1.08 bits per heavy atom. The maximum absolute atomic E-state index is 11.9. The molecule has 0 unspecified atom stereocenters. The van der Waals surface area contributed by atoms with Crippen molar-refractivity contribution in [1.82, 2.24) is 0 Å². The Hall–Kier alpha value is -2.16. The lowest BCUT2D eigenvalue weighted by Gasteiger charge is -2.17. The predicted octanol–water partition coefficient (Wildman–Crippen LogP) is 4.20. The highest BCUT2D eigenvalue weighted by molar-refractivity contribution is 8.14. The lowest BCUT2D eigenvalue weighted by molar-refractivity contribution is -0.109. The summed E-state index contributed by atoms with van der Waals surface area (Å²) in [6, 6.07) is 14.5. The van der Waals surface area contributed by atoms with Gasteiger partial charge in [-0.05, 0) is 48.5 Å². The minimum Gasteiger partial charge on any atom is -0.497 e. The molecule has 0 aliphatic carbocycles. The van der Waals surface area contributed by atoms with E-state index in [-0.39, 0.29) is 16.7 Å². The zero-order chi connectivity index (χ0) is 18.9. The van der Waals surface area contributed by atoms with E-state index in [0.29, 0.717) is 5.56 Å². The number of ketones is 1. The van der Waals surface area contributed by atoms with E-state index in [1.807, 2.05) is 35.6 Å². The van der Waals surface area contributed by atoms with E-state index in [1.165, 1.54) is 6.92 Å². The topological polar surface area (TPSA) is 67.9 Å². The number of carbonyl (C=O) groups is 2. The summed E-state index contributed by atoms with van der Waals surface area (Å²) in [6.45, 7) is 1.45. The van der Waals surface area contributed by atoms with Gasteiger partial charge in [-0.1, -0.05) is 11.8 Å². The van der Waals surface area contributed by atoms with Gasteiger partial charge in [0.15, 0.2) is 10.9 Å². The number of carbonyl (C=O) groups excluding carboxylic acids is 2. The first-order chi connectivity index (χ1) is 12.5. The number of rotatable bonds is 9. The molecular formula is C18H20N2O4S2. The summed E-state index contributed by atoms with van der Waals surface area (Å²) in [5.41, 5.74) is 5.05. The minimum absolute atomic E-state index is 0.0666.